The minimum Gasteiger partial charge on any atom is -0.330 e. The average Bonchev–Trinajstić information content (AvgIpc) is 1.97. The Bertz CT molecular complexity index is 71.8. The lowest BCUT2D eigenvalue weighted by atomic mass is 10.4. The van der Waals surface area contributed by atoms with Crippen molar-refractivity contribution in [3.05, 3.63) is 0 Å². The van der Waals surface area contributed by atoms with Gasteiger partial charge in [0.1, 0.15) is 0 Å². The van der Waals surface area contributed by atoms with E-state index >= 15 is 0 Å². The summed E-state index contributed by atoms with van der Waals surface area (Å²) in [7, 11) is 0. The van der Waals surface area contributed by atoms with Gasteiger partial charge in [-0.3, -0.25) is 0 Å². The van der Waals surface area contributed by atoms with Crippen LogP contribution < -0.4 is 11.5 Å². The molecule has 0 amide bonds. The molecule has 0 aromatic rings. The Morgan fingerprint density at radius 3 is 1.50 bits per heavy atom. The van der Waals surface area contributed by atoms with Crippen molar-refractivity contribution in [3.63, 3.8) is 0 Å². The van der Waals surface area contributed by atoms with Crippen LogP contribution in [0.2, 0.25) is 0 Å². The largest absolute Gasteiger partial charge is 0.330 e. The van der Waals surface area contributed by atoms with Crippen LogP contribution in [0.25, 0.3) is 0 Å². The van der Waals surface area contributed by atoms with Crippen LogP contribution in [0, 0.1) is 0 Å². The number of hydrogen-bond acceptors (Lipinski definition) is 4. The Labute approximate surface area is 61.7 Å². The summed E-state index contributed by atoms with van der Waals surface area (Å²) < 4.78 is 0. The first-order chi connectivity index (χ1) is 4.91. The molecule has 0 unspecified atom stereocenters. The molecule has 0 bridgehead atoms. The van der Waals surface area contributed by atoms with Gasteiger partial charge in [-0.1, -0.05) is 0 Å². The second-order valence-electron chi connectivity index (χ2n) is 2.01. The third kappa shape index (κ3) is 7.52. The second kappa shape index (κ2) is 8.52. The van der Waals surface area contributed by atoms with E-state index in [1.165, 1.54) is 0 Å². The molecule has 0 aliphatic rings. The summed E-state index contributed by atoms with van der Waals surface area (Å²) >= 11 is 0. The van der Waals surface area contributed by atoms with Crippen molar-refractivity contribution in [1.29, 1.82) is 0 Å². The Hall–Kier alpha value is -0.480. The molecular formula is C6H16N4. The van der Waals surface area contributed by atoms with Crippen molar-refractivity contribution >= 4 is 0 Å². The smallest absolute Gasteiger partial charge is 0.0610 e. The summed E-state index contributed by atoms with van der Waals surface area (Å²) in [4.78, 5) is 0. The van der Waals surface area contributed by atoms with Crippen LogP contribution in [-0.2, 0) is 0 Å². The number of azo groups is 1. The highest BCUT2D eigenvalue weighted by Gasteiger charge is 1.80. The molecule has 0 aromatic heterocycles. The Morgan fingerprint density at radius 2 is 1.20 bits per heavy atom. The normalized spacial score (nSPS) is 11.0. The molecule has 60 valence electrons. The molecule has 10 heavy (non-hydrogen) atoms. The van der Waals surface area contributed by atoms with Crippen LogP contribution in [-0.4, -0.2) is 26.2 Å². The van der Waals surface area contributed by atoms with Crippen LogP contribution in [0.5, 0.6) is 0 Å². The van der Waals surface area contributed by atoms with Gasteiger partial charge in [0.05, 0.1) is 13.1 Å². The number of rotatable bonds is 6. The standard InChI is InChI=1S/C6H16N4/c7-3-1-5-9-10-6-2-4-8/h1-8H2. The summed E-state index contributed by atoms with van der Waals surface area (Å²) in [6, 6.07) is 0. The van der Waals surface area contributed by atoms with Gasteiger partial charge in [-0.05, 0) is 25.9 Å². The van der Waals surface area contributed by atoms with Gasteiger partial charge in [-0.2, -0.15) is 10.2 Å². The van der Waals surface area contributed by atoms with Gasteiger partial charge in [-0.15, -0.1) is 0 Å². The molecule has 0 aromatic carbocycles. The molecule has 0 atom stereocenters. The summed E-state index contributed by atoms with van der Waals surface area (Å²) in [6.45, 7) is 2.88. The molecule has 0 fully saturated rings. The molecule has 0 saturated carbocycles. The summed E-state index contributed by atoms with van der Waals surface area (Å²) in [5, 5.41) is 7.78. The maximum Gasteiger partial charge on any atom is 0.0610 e. The van der Waals surface area contributed by atoms with Gasteiger partial charge >= 0.3 is 0 Å². The van der Waals surface area contributed by atoms with Crippen molar-refractivity contribution in [2.45, 2.75) is 12.8 Å². The highest BCUT2D eigenvalue weighted by Crippen LogP contribution is 1.82. The van der Waals surface area contributed by atoms with Gasteiger partial charge in [0.25, 0.3) is 0 Å². The lowest BCUT2D eigenvalue weighted by molar-refractivity contribution is 0.746. The lowest BCUT2D eigenvalue weighted by Gasteiger charge is -1.89. The highest BCUT2D eigenvalue weighted by atomic mass is 15.1. The van der Waals surface area contributed by atoms with E-state index in [4.69, 9.17) is 11.5 Å². The Morgan fingerprint density at radius 1 is 0.800 bits per heavy atom. The van der Waals surface area contributed by atoms with Gasteiger partial charge in [-0.25, -0.2) is 0 Å². The van der Waals surface area contributed by atoms with Crippen LogP contribution in [0.3, 0.4) is 0 Å². The molecule has 0 spiro atoms. The molecule has 0 aliphatic heterocycles. The van der Waals surface area contributed by atoms with Crippen molar-refractivity contribution in [2.24, 2.45) is 21.7 Å². The quantitative estimate of drug-likeness (QED) is 0.411. The maximum atomic E-state index is 5.25. The predicted molar refractivity (Wildman–Crippen MR) is 41.9 cm³/mol. The van der Waals surface area contributed by atoms with Crippen molar-refractivity contribution in [3.8, 4) is 0 Å². The van der Waals surface area contributed by atoms with E-state index in [0.717, 1.165) is 25.9 Å². The van der Waals surface area contributed by atoms with Crippen molar-refractivity contribution in [2.75, 3.05) is 26.2 Å². The molecule has 4 heteroatoms. The molecule has 4 N–H and O–H groups in total. The van der Waals surface area contributed by atoms with E-state index in [1.54, 1.807) is 0 Å². The molecule has 0 rings (SSSR count). The van der Waals surface area contributed by atoms with Gasteiger partial charge in [0, 0.05) is 0 Å². The molecule has 0 heterocycles. The fourth-order valence-electron chi connectivity index (χ4n) is 0.465. The monoisotopic (exact) mass is 144 g/mol. The summed E-state index contributed by atoms with van der Waals surface area (Å²) in [5.74, 6) is 0. The van der Waals surface area contributed by atoms with Gasteiger partial charge in [0.2, 0.25) is 0 Å². The van der Waals surface area contributed by atoms with E-state index in [2.05, 4.69) is 10.2 Å². The molecule has 0 saturated heterocycles. The van der Waals surface area contributed by atoms with E-state index in [-0.39, 0.29) is 0 Å². The topological polar surface area (TPSA) is 76.8 Å². The van der Waals surface area contributed by atoms with Gasteiger partial charge in [0.15, 0.2) is 0 Å². The minimum atomic E-state index is 0.690. The SMILES string of the molecule is NCCCN=NCCCN. The molecule has 4 nitrogen and oxygen atoms in total. The van der Waals surface area contributed by atoms with Crippen molar-refractivity contribution < 1.29 is 0 Å². The van der Waals surface area contributed by atoms with Crippen molar-refractivity contribution in [1.82, 2.24) is 0 Å². The van der Waals surface area contributed by atoms with E-state index < -0.39 is 0 Å². The molecular weight excluding hydrogens is 128 g/mol. The molecule has 0 aliphatic carbocycles. The summed E-state index contributed by atoms with van der Waals surface area (Å²) in [5.41, 5.74) is 10.5. The van der Waals surface area contributed by atoms with Crippen LogP contribution in [0.4, 0.5) is 0 Å². The number of hydrogen-bond donors (Lipinski definition) is 2. The highest BCUT2D eigenvalue weighted by molar-refractivity contribution is 4.44. The predicted octanol–water partition coefficient (Wildman–Crippen LogP) is 0.136. The lowest BCUT2D eigenvalue weighted by Crippen LogP contribution is -2.01. The first kappa shape index (κ1) is 9.52. The fraction of sp³-hybridized carbons (Fsp3) is 1.00. The van der Waals surface area contributed by atoms with Crippen LogP contribution in [0.1, 0.15) is 12.8 Å². The van der Waals surface area contributed by atoms with Gasteiger partial charge < -0.3 is 11.5 Å². The van der Waals surface area contributed by atoms with E-state index in [1.807, 2.05) is 0 Å². The average molecular weight is 144 g/mol. The third-order valence-corrected chi connectivity index (χ3v) is 1.02. The second-order valence-corrected chi connectivity index (χ2v) is 2.01. The Balaban J connectivity index is 2.89. The minimum absolute atomic E-state index is 0.690. The maximum absolute atomic E-state index is 5.25. The fourth-order valence-corrected chi connectivity index (χ4v) is 0.465. The van der Waals surface area contributed by atoms with E-state index in [0.29, 0.717) is 13.1 Å². The summed E-state index contributed by atoms with van der Waals surface area (Å²) in [6.07, 6.45) is 1.85. The zero-order valence-electron chi connectivity index (χ0n) is 6.29. The first-order valence-corrected chi connectivity index (χ1v) is 3.65. The zero-order valence-corrected chi connectivity index (χ0v) is 6.29. The zero-order chi connectivity index (χ0) is 7.66. The Kier molecular flexibility index (Phi) is 8.11. The molecule has 0 radical (unpaired) electrons. The van der Waals surface area contributed by atoms with Crippen LogP contribution >= 0.6 is 0 Å². The van der Waals surface area contributed by atoms with Crippen LogP contribution in [0.15, 0.2) is 10.2 Å². The number of nitrogens with two attached hydrogens (primary N) is 2. The first-order valence-electron chi connectivity index (χ1n) is 3.65. The third-order valence-electron chi connectivity index (χ3n) is 1.02. The number of nitrogens with zero attached hydrogens (tertiary/aromatic N) is 2. The van der Waals surface area contributed by atoms with E-state index in [9.17, 15) is 0 Å².